The van der Waals surface area contributed by atoms with E-state index in [-0.39, 0.29) is 5.82 Å². The van der Waals surface area contributed by atoms with Gasteiger partial charge in [0.1, 0.15) is 12.1 Å². The van der Waals surface area contributed by atoms with Gasteiger partial charge in [-0.05, 0) is 25.1 Å². The van der Waals surface area contributed by atoms with Crippen LogP contribution in [-0.2, 0) is 0 Å². The molecule has 2 rings (SSSR count). The minimum absolute atomic E-state index is 0.326. The molecule has 4 heteroatoms. The van der Waals surface area contributed by atoms with E-state index < -0.39 is 0 Å². The number of anilines is 1. The molecule has 1 aromatic heterocycles. The van der Waals surface area contributed by atoms with Gasteiger partial charge in [0.15, 0.2) is 0 Å². The second kappa shape index (κ2) is 3.14. The van der Waals surface area contributed by atoms with Crippen molar-refractivity contribution < 1.29 is 8.81 Å². The number of halogens is 1. The zero-order valence-corrected chi connectivity index (χ0v) is 7.62. The lowest BCUT2D eigenvalue weighted by Gasteiger charge is -2.00. The average Bonchev–Trinajstić information content (AvgIpc) is 2.51. The van der Waals surface area contributed by atoms with Crippen LogP contribution in [0.25, 0.3) is 11.5 Å². The number of aromatic nitrogens is 1. The summed E-state index contributed by atoms with van der Waals surface area (Å²) in [4.78, 5) is 4.10. The zero-order valence-electron chi connectivity index (χ0n) is 7.62. The summed E-state index contributed by atoms with van der Waals surface area (Å²) < 4.78 is 17.9. The standard InChI is InChI=1S/C10H9FN2O/c1-6-5-14-10(13-6)8-3-2-7(11)4-9(8)12/h2-5H,12H2,1H3. The number of hydrogen-bond acceptors (Lipinski definition) is 3. The summed E-state index contributed by atoms with van der Waals surface area (Å²) in [6.07, 6.45) is 1.53. The summed E-state index contributed by atoms with van der Waals surface area (Å²) in [7, 11) is 0. The fourth-order valence-electron chi connectivity index (χ4n) is 1.21. The minimum atomic E-state index is -0.366. The molecule has 0 saturated heterocycles. The summed E-state index contributed by atoms with van der Waals surface area (Å²) in [6.45, 7) is 1.81. The van der Waals surface area contributed by atoms with Crippen molar-refractivity contribution in [1.29, 1.82) is 0 Å². The van der Waals surface area contributed by atoms with Crippen molar-refractivity contribution in [3.05, 3.63) is 36.0 Å². The van der Waals surface area contributed by atoms with Crippen molar-refractivity contribution >= 4 is 5.69 Å². The third-order valence-corrected chi connectivity index (χ3v) is 1.86. The fourth-order valence-corrected chi connectivity index (χ4v) is 1.21. The smallest absolute Gasteiger partial charge is 0.228 e. The highest BCUT2D eigenvalue weighted by Crippen LogP contribution is 2.25. The van der Waals surface area contributed by atoms with Crippen LogP contribution >= 0.6 is 0 Å². The molecule has 0 aliphatic heterocycles. The van der Waals surface area contributed by atoms with Gasteiger partial charge in [0.2, 0.25) is 5.89 Å². The molecule has 14 heavy (non-hydrogen) atoms. The molecule has 2 aromatic rings. The summed E-state index contributed by atoms with van der Waals surface area (Å²) in [5, 5.41) is 0. The number of benzene rings is 1. The lowest BCUT2D eigenvalue weighted by molar-refractivity contribution is 0.573. The van der Waals surface area contributed by atoms with Gasteiger partial charge in [0, 0.05) is 5.69 Å². The summed E-state index contributed by atoms with van der Waals surface area (Å²) in [5.41, 5.74) is 7.33. The van der Waals surface area contributed by atoms with Crippen LogP contribution in [0.2, 0.25) is 0 Å². The highest BCUT2D eigenvalue weighted by molar-refractivity contribution is 5.70. The molecule has 0 aliphatic rings. The van der Waals surface area contributed by atoms with Crippen LogP contribution in [0.3, 0.4) is 0 Å². The van der Waals surface area contributed by atoms with E-state index >= 15 is 0 Å². The monoisotopic (exact) mass is 192 g/mol. The molecule has 0 radical (unpaired) electrons. The average molecular weight is 192 g/mol. The number of hydrogen-bond donors (Lipinski definition) is 1. The summed E-state index contributed by atoms with van der Waals surface area (Å²) in [6, 6.07) is 4.12. The van der Waals surface area contributed by atoms with Crippen LogP contribution in [0.5, 0.6) is 0 Å². The topological polar surface area (TPSA) is 52.0 Å². The van der Waals surface area contributed by atoms with Gasteiger partial charge < -0.3 is 10.2 Å². The first-order valence-corrected chi connectivity index (χ1v) is 4.14. The first-order chi connectivity index (χ1) is 6.66. The molecule has 3 nitrogen and oxygen atoms in total. The van der Waals surface area contributed by atoms with Crippen LogP contribution in [-0.4, -0.2) is 4.98 Å². The van der Waals surface area contributed by atoms with Gasteiger partial charge in [0.05, 0.1) is 11.3 Å². The third-order valence-electron chi connectivity index (χ3n) is 1.86. The Morgan fingerprint density at radius 1 is 1.43 bits per heavy atom. The van der Waals surface area contributed by atoms with Gasteiger partial charge in [-0.3, -0.25) is 0 Å². The molecule has 0 saturated carbocycles. The Morgan fingerprint density at radius 3 is 2.79 bits per heavy atom. The number of nitrogen functional groups attached to an aromatic ring is 1. The molecule has 0 bridgehead atoms. The molecule has 1 aromatic carbocycles. The van der Waals surface area contributed by atoms with E-state index in [2.05, 4.69) is 4.98 Å². The quantitative estimate of drug-likeness (QED) is 0.705. The second-order valence-corrected chi connectivity index (χ2v) is 3.03. The lowest BCUT2D eigenvalue weighted by atomic mass is 10.2. The van der Waals surface area contributed by atoms with Crippen molar-refractivity contribution in [2.45, 2.75) is 6.92 Å². The third kappa shape index (κ3) is 1.46. The Bertz CT molecular complexity index is 465. The number of nitrogens with two attached hydrogens (primary N) is 1. The van der Waals surface area contributed by atoms with E-state index in [1.54, 1.807) is 6.07 Å². The predicted molar refractivity (Wildman–Crippen MR) is 51.0 cm³/mol. The number of oxazole rings is 1. The van der Waals surface area contributed by atoms with Crippen molar-refractivity contribution in [1.82, 2.24) is 4.98 Å². The molecule has 0 fully saturated rings. The van der Waals surface area contributed by atoms with Crippen LogP contribution in [0.4, 0.5) is 10.1 Å². The number of aryl methyl sites for hydroxylation is 1. The molecule has 0 aliphatic carbocycles. The van der Waals surface area contributed by atoms with Crippen molar-refractivity contribution in [2.24, 2.45) is 0 Å². The SMILES string of the molecule is Cc1coc(-c2ccc(F)cc2N)n1. The highest BCUT2D eigenvalue weighted by Gasteiger charge is 2.08. The maximum absolute atomic E-state index is 12.7. The van der Waals surface area contributed by atoms with E-state index in [0.29, 0.717) is 17.1 Å². The van der Waals surface area contributed by atoms with E-state index in [9.17, 15) is 4.39 Å². The molecule has 72 valence electrons. The van der Waals surface area contributed by atoms with Crippen LogP contribution in [0, 0.1) is 12.7 Å². The normalized spacial score (nSPS) is 10.4. The molecule has 0 spiro atoms. The van der Waals surface area contributed by atoms with Gasteiger partial charge in [-0.1, -0.05) is 0 Å². The lowest BCUT2D eigenvalue weighted by Crippen LogP contribution is -1.91. The van der Waals surface area contributed by atoms with Gasteiger partial charge in [0.25, 0.3) is 0 Å². The Kier molecular flexibility index (Phi) is 1.96. The number of rotatable bonds is 1. The van der Waals surface area contributed by atoms with Gasteiger partial charge in [-0.25, -0.2) is 9.37 Å². The first kappa shape index (κ1) is 8.74. The summed E-state index contributed by atoms with van der Waals surface area (Å²) >= 11 is 0. The van der Waals surface area contributed by atoms with Crippen LogP contribution in [0.1, 0.15) is 5.69 Å². The maximum atomic E-state index is 12.7. The van der Waals surface area contributed by atoms with Gasteiger partial charge >= 0.3 is 0 Å². The van der Waals surface area contributed by atoms with E-state index in [1.165, 1.54) is 18.4 Å². The van der Waals surface area contributed by atoms with Crippen molar-refractivity contribution in [3.63, 3.8) is 0 Å². The molecule has 2 N–H and O–H groups in total. The minimum Gasteiger partial charge on any atom is -0.444 e. The second-order valence-electron chi connectivity index (χ2n) is 3.03. The van der Waals surface area contributed by atoms with E-state index in [1.807, 2.05) is 6.92 Å². The Balaban J connectivity index is 2.52. The van der Waals surface area contributed by atoms with Crippen molar-refractivity contribution in [2.75, 3.05) is 5.73 Å². The molecule has 0 atom stereocenters. The molecule has 0 amide bonds. The largest absolute Gasteiger partial charge is 0.444 e. The zero-order chi connectivity index (χ0) is 10.1. The molecule has 0 unspecified atom stereocenters. The van der Waals surface area contributed by atoms with E-state index in [4.69, 9.17) is 10.2 Å². The molecular weight excluding hydrogens is 183 g/mol. The summed E-state index contributed by atoms with van der Waals surface area (Å²) in [5.74, 6) is 0.0505. The van der Waals surface area contributed by atoms with Crippen molar-refractivity contribution in [3.8, 4) is 11.5 Å². The fraction of sp³-hybridized carbons (Fsp3) is 0.100. The van der Waals surface area contributed by atoms with Gasteiger partial charge in [-0.2, -0.15) is 0 Å². The molecule has 1 heterocycles. The van der Waals surface area contributed by atoms with E-state index in [0.717, 1.165) is 5.69 Å². The maximum Gasteiger partial charge on any atom is 0.228 e. The molecular formula is C10H9FN2O. The predicted octanol–water partition coefficient (Wildman–Crippen LogP) is 2.37. The number of nitrogens with zero attached hydrogens (tertiary/aromatic N) is 1. The Hall–Kier alpha value is -1.84. The highest BCUT2D eigenvalue weighted by atomic mass is 19.1. The van der Waals surface area contributed by atoms with Gasteiger partial charge in [-0.15, -0.1) is 0 Å². The van der Waals surface area contributed by atoms with Crippen LogP contribution in [0.15, 0.2) is 28.9 Å². The Labute approximate surface area is 80.4 Å². The first-order valence-electron chi connectivity index (χ1n) is 4.14. The Morgan fingerprint density at radius 2 is 2.21 bits per heavy atom. The van der Waals surface area contributed by atoms with Crippen LogP contribution < -0.4 is 5.73 Å².